The fourth-order valence-electron chi connectivity index (χ4n) is 3.13. The van der Waals surface area contributed by atoms with Crippen molar-refractivity contribution in [1.82, 2.24) is 14.1 Å². The van der Waals surface area contributed by atoms with Gasteiger partial charge in [0.1, 0.15) is 4.90 Å². The number of benzene rings is 1. The van der Waals surface area contributed by atoms with E-state index >= 15 is 0 Å². The van der Waals surface area contributed by atoms with E-state index in [-0.39, 0.29) is 17.3 Å². The molecule has 26 heavy (non-hydrogen) atoms. The van der Waals surface area contributed by atoms with Crippen molar-refractivity contribution in [2.75, 3.05) is 18.9 Å². The number of carbonyl (C=O) groups excluding carboxylic acids is 1. The van der Waals surface area contributed by atoms with Gasteiger partial charge in [-0.1, -0.05) is 17.7 Å². The number of nitrogens with zero attached hydrogens (tertiary/aromatic N) is 3. The van der Waals surface area contributed by atoms with E-state index in [4.69, 9.17) is 0 Å². The van der Waals surface area contributed by atoms with Gasteiger partial charge < -0.3 is 5.32 Å². The van der Waals surface area contributed by atoms with Gasteiger partial charge in [0.25, 0.3) is 0 Å². The van der Waals surface area contributed by atoms with E-state index in [1.54, 1.807) is 20.9 Å². The lowest BCUT2D eigenvalue weighted by Gasteiger charge is -2.18. The number of hydrogen-bond donors (Lipinski definition) is 1. The Morgan fingerprint density at radius 1 is 1.15 bits per heavy atom. The Morgan fingerprint density at radius 2 is 1.69 bits per heavy atom. The van der Waals surface area contributed by atoms with E-state index < -0.39 is 10.0 Å². The molecule has 0 saturated carbocycles. The molecule has 0 unspecified atom stereocenters. The smallest absolute Gasteiger partial charge is 0.246 e. The zero-order valence-electron chi connectivity index (χ0n) is 16.3. The van der Waals surface area contributed by atoms with Crippen molar-refractivity contribution < 1.29 is 13.2 Å². The van der Waals surface area contributed by atoms with Gasteiger partial charge in [-0.15, -0.1) is 0 Å². The lowest BCUT2D eigenvalue weighted by atomic mass is 10.1. The fraction of sp³-hybridized carbons (Fsp3) is 0.444. The van der Waals surface area contributed by atoms with E-state index in [2.05, 4.69) is 10.4 Å². The van der Waals surface area contributed by atoms with Crippen LogP contribution in [0.5, 0.6) is 0 Å². The van der Waals surface area contributed by atoms with Gasteiger partial charge in [-0.05, 0) is 45.7 Å². The molecule has 1 aromatic carbocycles. The van der Waals surface area contributed by atoms with E-state index in [0.717, 1.165) is 26.7 Å². The maximum Gasteiger partial charge on any atom is 0.246 e. The Hall–Kier alpha value is -2.19. The number of aromatic nitrogens is 2. The van der Waals surface area contributed by atoms with Gasteiger partial charge in [-0.25, -0.2) is 8.42 Å². The van der Waals surface area contributed by atoms with Gasteiger partial charge in [-0.2, -0.15) is 9.40 Å². The molecule has 0 aliphatic rings. The topological polar surface area (TPSA) is 84.3 Å². The molecule has 1 aromatic heterocycles. The van der Waals surface area contributed by atoms with Gasteiger partial charge >= 0.3 is 0 Å². The zero-order valence-corrected chi connectivity index (χ0v) is 17.2. The van der Waals surface area contributed by atoms with Crippen molar-refractivity contribution in [3.63, 3.8) is 0 Å². The van der Waals surface area contributed by atoms with Crippen molar-refractivity contribution in [1.29, 1.82) is 0 Å². The molecular weight excluding hydrogens is 352 g/mol. The Labute approximate surface area is 155 Å². The Bertz CT molecular complexity index is 938. The normalized spacial score (nSPS) is 11.8. The largest absolute Gasteiger partial charge is 0.324 e. The molecule has 0 aliphatic carbocycles. The summed E-state index contributed by atoms with van der Waals surface area (Å²) in [6.07, 6.45) is 0. The van der Waals surface area contributed by atoms with E-state index in [1.165, 1.54) is 11.7 Å². The van der Waals surface area contributed by atoms with Crippen molar-refractivity contribution in [2.45, 2.75) is 39.5 Å². The molecule has 8 heteroatoms. The van der Waals surface area contributed by atoms with Crippen LogP contribution in [0, 0.1) is 34.6 Å². The van der Waals surface area contributed by atoms with Crippen molar-refractivity contribution >= 4 is 21.6 Å². The number of carbonyl (C=O) groups is 1. The molecule has 0 aliphatic heterocycles. The summed E-state index contributed by atoms with van der Waals surface area (Å²) in [6.45, 7) is 8.89. The summed E-state index contributed by atoms with van der Waals surface area (Å²) < 4.78 is 28.3. The summed E-state index contributed by atoms with van der Waals surface area (Å²) in [5, 5.41) is 6.98. The molecule has 7 nitrogen and oxygen atoms in total. The first-order valence-electron chi connectivity index (χ1n) is 8.29. The highest BCUT2D eigenvalue weighted by atomic mass is 32.2. The van der Waals surface area contributed by atoms with E-state index in [9.17, 15) is 13.2 Å². The second-order valence-corrected chi connectivity index (χ2v) is 8.69. The Kier molecular flexibility index (Phi) is 5.58. The third-order valence-corrected chi connectivity index (χ3v) is 6.48. The van der Waals surface area contributed by atoms with Crippen molar-refractivity contribution in [3.8, 4) is 0 Å². The molecule has 2 aromatic rings. The zero-order chi connectivity index (χ0) is 19.8. The average Bonchev–Trinajstić information content (AvgIpc) is 2.76. The summed E-state index contributed by atoms with van der Waals surface area (Å²) in [6, 6.07) is 3.96. The predicted molar refractivity (Wildman–Crippen MR) is 102 cm³/mol. The van der Waals surface area contributed by atoms with E-state index in [0.29, 0.717) is 11.4 Å². The van der Waals surface area contributed by atoms with Crippen LogP contribution >= 0.6 is 0 Å². The maximum atomic E-state index is 12.8. The van der Waals surface area contributed by atoms with Crippen LogP contribution in [0.4, 0.5) is 5.69 Å². The average molecular weight is 378 g/mol. The molecular formula is C18H26N4O3S. The molecule has 1 heterocycles. The summed E-state index contributed by atoms with van der Waals surface area (Å²) in [5.74, 6) is -0.384. The monoisotopic (exact) mass is 378 g/mol. The van der Waals surface area contributed by atoms with Crippen LogP contribution in [-0.4, -0.2) is 42.0 Å². The first kappa shape index (κ1) is 20.1. The van der Waals surface area contributed by atoms with Crippen LogP contribution in [-0.2, 0) is 21.9 Å². The molecule has 0 radical (unpaired) electrons. The Morgan fingerprint density at radius 3 is 2.15 bits per heavy atom. The highest BCUT2D eigenvalue weighted by Gasteiger charge is 2.29. The highest BCUT2D eigenvalue weighted by molar-refractivity contribution is 7.89. The fourth-order valence-corrected chi connectivity index (χ4v) is 4.65. The number of rotatable bonds is 5. The Balaban J connectivity index is 2.22. The van der Waals surface area contributed by atoms with Crippen molar-refractivity contribution in [3.05, 3.63) is 40.2 Å². The molecule has 1 amide bonds. The van der Waals surface area contributed by atoms with Crippen LogP contribution in [0.2, 0.25) is 0 Å². The predicted octanol–water partition coefficient (Wildman–Crippen LogP) is 2.22. The lowest BCUT2D eigenvalue weighted by molar-refractivity contribution is -0.116. The SMILES string of the molecule is Cc1cc(C)c(NC(=O)CN(C)S(=O)(=O)c2c(C)nn(C)c2C)c(C)c1. The summed E-state index contributed by atoms with van der Waals surface area (Å²) in [5.41, 5.74) is 4.68. The molecule has 0 atom stereocenters. The molecule has 1 N–H and O–H groups in total. The first-order chi connectivity index (χ1) is 11.9. The third kappa shape index (κ3) is 3.81. The third-order valence-electron chi connectivity index (χ3n) is 4.42. The highest BCUT2D eigenvalue weighted by Crippen LogP contribution is 2.24. The number of anilines is 1. The summed E-state index contributed by atoms with van der Waals surface area (Å²) in [4.78, 5) is 12.6. The van der Waals surface area contributed by atoms with Crippen LogP contribution < -0.4 is 5.32 Å². The number of likely N-dealkylation sites (N-methyl/N-ethyl adjacent to an activating group) is 1. The standard InChI is InChI=1S/C18H26N4O3S/c1-11-8-12(2)17(13(3)9-11)19-16(23)10-21(6)26(24,25)18-14(4)20-22(7)15(18)5/h8-9H,10H2,1-7H3,(H,19,23). The first-order valence-corrected chi connectivity index (χ1v) is 9.73. The second-order valence-electron chi connectivity index (χ2n) is 6.71. The van der Waals surface area contributed by atoms with Gasteiger partial charge in [0.2, 0.25) is 15.9 Å². The van der Waals surface area contributed by atoms with Crippen molar-refractivity contribution in [2.24, 2.45) is 7.05 Å². The van der Waals surface area contributed by atoms with E-state index in [1.807, 2.05) is 32.9 Å². The molecule has 0 spiro atoms. The number of hydrogen-bond acceptors (Lipinski definition) is 4. The minimum absolute atomic E-state index is 0.151. The van der Waals surface area contributed by atoms with Crippen LogP contribution in [0.1, 0.15) is 28.1 Å². The minimum Gasteiger partial charge on any atom is -0.324 e. The lowest BCUT2D eigenvalue weighted by Crippen LogP contribution is -2.35. The number of sulfonamides is 1. The molecule has 2 rings (SSSR count). The summed E-state index contributed by atoms with van der Waals surface area (Å²) >= 11 is 0. The van der Waals surface area contributed by atoms with Crippen LogP contribution in [0.25, 0.3) is 0 Å². The molecule has 0 fully saturated rings. The minimum atomic E-state index is -3.80. The van der Waals surface area contributed by atoms with Gasteiger partial charge in [0.15, 0.2) is 0 Å². The summed E-state index contributed by atoms with van der Waals surface area (Å²) in [7, 11) is -0.715. The number of amides is 1. The van der Waals surface area contributed by atoms with Crippen LogP contribution in [0.3, 0.4) is 0 Å². The molecule has 0 bridgehead atoms. The maximum absolute atomic E-state index is 12.8. The number of nitrogens with one attached hydrogen (secondary N) is 1. The van der Waals surface area contributed by atoms with Gasteiger partial charge in [0.05, 0.1) is 17.9 Å². The quantitative estimate of drug-likeness (QED) is 0.865. The second kappa shape index (κ2) is 7.20. The van der Waals surface area contributed by atoms with Crippen LogP contribution in [0.15, 0.2) is 17.0 Å². The molecule has 142 valence electrons. The number of aryl methyl sites for hydroxylation is 5. The van der Waals surface area contributed by atoms with Gasteiger partial charge in [-0.3, -0.25) is 9.48 Å². The van der Waals surface area contributed by atoms with Gasteiger partial charge in [0, 0.05) is 19.8 Å². The molecule has 0 saturated heterocycles.